The Balaban J connectivity index is 1.63. The summed E-state index contributed by atoms with van der Waals surface area (Å²) in [6.45, 7) is 4.13. The molecule has 1 aromatic rings. The second-order valence-electron chi connectivity index (χ2n) is 6.61. The monoisotopic (exact) mass is 332 g/mol. The minimum Gasteiger partial charge on any atom is -0.395 e. The lowest BCUT2D eigenvalue weighted by Crippen LogP contribution is -2.43. The second kappa shape index (κ2) is 8.60. The summed E-state index contributed by atoms with van der Waals surface area (Å²) in [6.07, 6.45) is 3.91. The van der Waals surface area contributed by atoms with Crippen LogP contribution in [-0.4, -0.2) is 66.8 Å². The van der Waals surface area contributed by atoms with E-state index in [0.717, 1.165) is 12.8 Å². The number of hydrogen-bond donors (Lipinski definition) is 1. The van der Waals surface area contributed by atoms with Gasteiger partial charge in [-0.05, 0) is 30.4 Å². The Morgan fingerprint density at radius 1 is 1.25 bits per heavy atom. The fourth-order valence-corrected chi connectivity index (χ4v) is 3.87. The quantitative estimate of drug-likeness (QED) is 0.860. The van der Waals surface area contributed by atoms with Crippen LogP contribution in [0.4, 0.5) is 0 Å². The molecule has 1 fully saturated rings. The van der Waals surface area contributed by atoms with Gasteiger partial charge < -0.3 is 14.7 Å². The molecular weight excluding hydrogens is 304 g/mol. The van der Waals surface area contributed by atoms with Crippen molar-refractivity contribution in [3.63, 3.8) is 0 Å². The number of hydrogen-bond acceptors (Lipinski definition) is 4. The first-order valence-electron chi connectivity index (χ1n) is 9.08. The molecule has 1 aromatic carbocycles. The van der Waals surface area contributed by atoms with Gasteiger partial charge in [0.2, 0.25) is 5.91 Å². The highest BCUT2D eigenvalue weighted by atomic mass is 16.5. The molecule has 0 aromatic heterocycles. The molecule has 3 rings (SSSR count). The van der Waals surface area contributed by atoms with Crippen LogP contribution in [0.2, 0.25) is 0 Å². The summed E-state index contributed by atoms with van der Waals surface area (Å²) in [5, 5.41) is 9.48. The highest BCUT2D eigenvalue weighted by molar-refractivity contribution is 5.76. The van der Waals surface area contributed by atoms with E-state index < -0.39 is 0 Å². The summed E-state index contributed by atoms with van der Waals surface area (Å²) in [6, 6.07) is 8.91. The fraction of sp³-hybridized carbons (Fsp3) is 0.632. The van der Waals surface area contributed by atoms with Gasteiger partial charge in [-0.25, -0.2) is 0 Å². The number of carbonyl (C=O) groups is 1. The number of nitrogens with zero attached hydrogens (tertiary/aromatic N) is 2. The number of aliphatic hydroxyl groups is 1. The number of rotatable bonds is 6. The number of aliphatic hydroxyl groups excluding tert-OH is 1. The Kier molecular flexibility index (Phi) is 6.24. The van der Waals surface area contributed by atoms with Crippen LogP contribution in [0.15, 0.2) is 24.3 Å². The van der Waals surface area contributed by atoms with Crippen molar-refractivity contribution in [1.82, 2.24) is 9.80 Å². The number of fused-ring (bicyclic) bond motifs is 1. The van der Waals surface area contributed by atoms with E-state index in [-0.39, 0.29) is 12.5 Å². The molecule has 1 aliphatic heterocycles. The highest BCUT2D eigenvalue weighted by Crippen LogP contribution is 2.34. The number of benzene rings is 1. The topological polar surface area (TPSA) is 53.0 Å². The molecule has 1 heterocycles. The highest BCUT2D eigenvalue weighted by Gasteiger charge is 2.26. The third-order valence-corrected chi connectivity index (χ3v) is 5.14. The zero-order valence-corrected chi connectivity index (χ0v) is 14.3. The molecule has 0 spiro atoms. The number of aryl methyl sites for hydroxylation is 1. The SMILES string of the molecule is O=C(CCN(CCO)C1CCCc2ccccc21)N1CCOCC1. The first-order valence-corrected chi connectivity index (χ1v) is 9.08. The predicted molar refractivity (Wildman–Crippen MR) is 92.8 cm³/mol. The van der Waals surface area contributed by atoms with E-state index in [0.29, 0.717) is 51.9 Å². The molecular formula is C19H28N2O3. The molecule has 1 saturated heterocycles. The third-order valence-electron chi connectivity index (χ3n) is 5.14. The largest absolute Gasteiger partial charge is 0.395 e. The van der Waals surface area contributed by atoms with E-state index >= 15 is 0 Å². The standard InChI is InChI=1S/C19H28N2O3/c22-13-10-20(9-8-19(23)21-11-14-24-15-12-21)18-7-3-5-16-4-1-2-6-17(16)18/h1-2,4,6,18,22H,3,5,7-15H2. The zero-order chi connectivity index (χ0) is 16.8. The maximum atomic E-state index is 12.4. The van der Waals surface area contributed by atoms with Crippen LogP contribution < -0.4 is 0 Å². The smallest absolute Gasteiger partial charge is 0.224 e. The van der Waals surface area contributed by atoms with Gasteiger partial charge in [0.1, 0.15) is 0 Å². The molecule has 132 valence electrons. The molecule has 24 heavy (non-hydrogen) atoms. The summed E-state index contributed by atoms with van der Waals surface area (Å²) in [4.78, 5) is 16.6. The molecule has 0 bridgehead atoms. The van der Waals surface area contributed by atoms with Crippen molar-refractivity contribution < 1.29 is 14.6 Å². The summed E-state index contributed by atoms with van der Waals surface area (Å²) >= 11 is 0. The molecule has 0 saturated carbocycles. The Labute approximate surface area is 144 Å². The van der Waals surface area contributed by atoms with Gasteiger partial charge in [-0.1, -0.05) is 24.3 Å². The second-order valence-corrected chi connectivity index (χ2v) is 6.61. The van der Waals surface area contributed by atoms with Crippen molar-refractivity contribution in [3.05, 3.63) is 35.4 Å². The molecule has 1 atom stereocenters. The van der Waals surface area contributed by atoms with E-state index in [1.165, 1.54) is 17.5 Å². The summed E-state index contributed by atoms with van der Waals surface area (Å²) in [7, 11) is 0. The average molecular weight is 332 g/mol. The van der Waals surface area contributed by atoms with Crippen molar-refractivity contribution >= 4 is 5.91 Å². The van der Waals surface area contributed by atoms with Gasteiger partial charge in [0, 0.05) is 38.6 Å². The van der Waals surface area contributed by atoms with Gasteiger partial charge in [-0.15, -0.1) is 0 Å². The number of morpholine rings is 1. The maximum Gasteiger partial charge on any atom is 0.224 e. The molecule has 1 amide bonds. The molecule has 0 radical (unpaired) electrons. The molecule has 5 heteroatoms. The lowest BCUT2D eigenvalue weighted by atomic mass is 9.86. The van der Waals surface area contributed by atoms with E-state index in [1.54, 1.807) is 0 Å². The van der Waals surface area contributed by atoms with Gasteiger partial charge in [-0.2, -0.15) is 0 Å². The van der Waals surface area contributed by atoms with Gasteiger partial charge in [-0.3, -0.25) is 9.69 Å². The van der Waals surface area contributed by atoms with E-state index in [1.807, 2.05) is 4.90 Å². The maximum absolute atomic E-state index is 12.4. The summed E-state index contributed by atoms with van der Waals surface area (Å²) in [5.74, 6) is 0.199. The first-order chi connectivity index (χ1) is 11.8. The summed E-state index contributed by atoms with van der Waals surface area (Å²) < 4.78 is 5.31. The first kappa shape index (κ1) is 17.4. The van der Waals surface area contributed by atoms with Crippen LogP contribution in [0, 0.1) is 0 Å². The molecule has 1 N–H and O–H groups in total. The Morgan fingerprint density at radius 2 is 2.04 bits per heavy atom. The van der Waals surface area contributed by atoms with Crippen LogP contribution in [-0.2, 0) is 16.0 Å². The van der Waals surface area contributed by atoms with Crippen molar-refractivity contribution in [2.24, 2.45) is 0 Å². The van der Waals surface area contributed by atoms with Crippen molar-refractivity contribution in [1.29, 1.82) is 0 Å². The normalized spacial score (nSPS) is 20.9. The van der Waals surface area contributed by atoms with Gasteiger partial charge >= 0.3 is 0 Å². The van der Waals surface area contributed by atoms with Crippen LogP contribution in [0.25, 0.3) is 0 Å². The Morgan fingerprint density at radius 3 is 2.83 bits per heavy atom. The van der Waals surface area contributed by atoms with Gasteiger partial charge in [0.05, 0.1) is 19.8 Å². The van der Waals surface area contributed by atoms with Crippen molar-refractivity contribution in [2.75, 3.05) is 46.0 Å². The third kappa shape index (κ3) is 4.15. The number of carbonyl (C=O) groups excluding carboxylic acids is 1. The van der Waals surface area contributed by atoms with E-state index in [2.05, 4.69) is 29.2 Å². The van der Waals surface area contributed by atoms with Crippen LogP contribution in [0.5, 0.6) is 0 Å². The van der Waals surface area contributed by atoms with Crippen LogP contribution in [0.1, 0.15) is 36.4 Å². The lowest BCUT2D eigenvalue weighted by Gasteiger charge is -2.36. The van der Waals surface area contributed by atoms with Gasteiger partial charge in [0.15, 0.2) is 0 Å². The van der Waals surface area contributed by atoms with Crippen molar-refractivity contribution in [2.45, 2.75) is 31.7 Å². The van der Waals surface area contributed by atoms with Crippen LogP contribution in [0.3, 0.4) is 0 Å². The predicted octanol–water partition coefficient (Wildman–Crippen LogP) is 1.61. The minimum absolute atomic E-state index is 0.129. The van der Waals surface area contributed by atoms with Crippen molar-refractivity contribution in [3.8, 4) is 0 Å². The minimum atomic E-state index is 0.129. The Hall–Kier alpha value is -1.43. The number of ether oxygens (including phenoxy) is 1. The van der Waals surface area contributed by atoms with Crippen LogP contribution >= 0.6 is 0 Å². The van der Waals surface area contributed by atoms with Gasteiger partial charge in [0.25, 0.3) is 0 Å². The lowest BCUT2D eigenvalue weighted by molar-refractivity contribution is -0.135. The van der Waals surface area contributed by atoms with E-state index in [4.69, 9.17) is 4.74 Å². The van der Waals surface area contributed by atoms with E-state index in [9.17, 15) is 9.90 Å². The summed E-state index contributed by atoms with van der Waals surface area (Å²) in [5.41, 5.74) is 2.78. The average Bonchev–Trinajstić information content (AvgIpc) is 2.65. The molecule has 5 nitrogen and oxygen atoms in total. The molecule has 1 unspecified atom stereocenters. The fourth-order valence-electron chi connectivity index (χ4n) is 3.87. The Bertz CT molecular complexity index is 543. The zero-order valence-electron chi connectivity index (χ0n) is 14.3. The molecule has 2 aliphatic rings. The molecule has 1 aliphatic carbocycles. The number of amides is 1.